The molecule has 1 fully saturated rings. The van der Waals surface area contributed by atoms with Crippen molar-refractivity contribution in [2.45, 2.75) is 31.4 Å². The number of oxazole rings is 1. The highest BCUT2D eigenvalue weighted by molar-refractivity contribution is 7.89. The lowest BCUT2D eigenvalue weighted by molar-refractivity contribution is 0.533. The van der Waals surface area contributed by atoms with Crippen LogP contribution in [0.3, 0.4) is 0 Å². The van der Waals surface area contributed by atoms with Gasteiger partial charge >= 0.3 is 0 Å². The maximum Gasteiger partial charge on any atom is 0.253 e. The average molecular weight is 372 g/mol. The minimum atomic E-state index is -3.18. The fourth-order valence-electron chi connectivity index (χ4n) is 3.24. The Bertz CT molecular complexity index is 1160. The molecule has 1 saturated carbocycles. The first-order chi connectivity index (χ1) is 12.2. The van der Waals surface area contributed by atoms with Gasteiger partial charge in [0.1, 0.15) is 5.52 Å². The molecule has 0 amide bonds. The molecule has 0 unspecified atom stereocenters. The number of aromatic nitrogens is 2. The van der Waals surface area contributed by atoms with E-state index in [0.717, 1.165) is 24.0 Å². The average Bonchev–Trinajstić information content (AvgIpc) is 3.29. The molecular weight excluding hydrogens is 352 g/mol. The molecule has 0 N–H and O–H groups in total. The number of fused-ring (bicyclic) bond motifs is 1. The van der Waals surface area contributed by atoms with Crippen LogP contribution in [0.2, 0.25) is 0 Å². The number of benzene rings is 1. The number of hydrogen-bond donors (Lipinski definition) is 0. The predicted molar refractivity (Wildman–Crippen MR) is 99.9 cm³/mol. The Balaban J connectivity index is 1.97. The van der Waals surface area contributed by atoms with E-state index in [1.54, 1.807) is 26.2 Å². The van der Waals surface area contributed by atoms with Crippen LogP contribution >= 0.6 is 0 Å². The number of sulfone groups is 1. The molecule has 1 aliphatic carbocycles. The normalized spacial score (nSPS) is 14.9. The quantitative estimate of drug-likeness (QED) is 0.703. The Hall–Kier alpha value is -2.41. The van der Waals surface area contributed by atoms with Gasteiger partial charge < -0.3 is 8.98 Å². The summed E-state index contributed by atoms with van der Waals surface area (Å²) in [4.78, 5) is 16.7. The van der Waals surface area contributed by atoms with Crippen molar-refractivity contribution in [2.24, 2.45) is 7.05 Å². The third-order valence-electron chi connectivity index (χ3n) is 4.60. The van der Waals surface area contributed by atoms with Crippen LogP contribution in [0.4, 0.5) is 0 Å². The van der Waals surface area contributed by atoms with Crippen molar-refractivity contribution in [3.63, 3.8) is 0 Å². The molecule has 0 radical (unpaired) electrons. The van der Waals surface area contributed by atoms with Gasteiger partial charge in [-0.1, -0.05) is 0 Å². The fraction of sp³-hybridized carbons (Fsp3) is 0.368. The second-order valence-corrected chi connectivity index (χ2v) is 9.35. The summed E-state index contributed by atoms with van der Waals surface area (Å²) in [7, 11) is -1.48. The Labute approximate surface area is 151 Å². The highest BCUT2D eigenvalue weighted by Gasteiger charge is 2.29. The zero-order valence-electron chi connectivity index (χ0n) is 14.9. The third kappa shape index (κ3) is 3.19. The summed E-state index contributed by atoms with van der Waals surface area (Å²) in [5, 5.41) is 0. The van der Waals surface area contributed by atoms with Crippen molar-refractivity contribution in [1.82, 2.24) is 9.55 Å². The van der Waals surface area contributed by atoms with Gasteiger partial charge in [0.05, 0.1) is 5.75 Å². The zero-order valence-corrected chi connectivity index (χ0v) is 15.8. The molecule has 4 rings (SSSR count). The van der Waals surface area contributed by atoms with Crippen LogP contribution in [0.15, 0.2) is 33.6 Å². The minimum Gasteiger partial charge on any atom is -0.440 e. The Morgan fingerprint density at radius 2 is 2.00 bits per heavy atom. The van der Waals surface area contributed by atoms with Crippen molar-refractivity contribution in [3.8, 4) is 11.1 Å². The lowest BCUT2D eigenvalue weighted by Gasteiger charge is -2.09. The van der Waals surface area contributed by atoms with Crippen LogP contribution in [-0.4, -0.2) is 24.2 Å². The molecule has 1 aliphatic rings. The predicted octanol–water partition coefficient (Wildman–Crippen LogP) is 2.92. The van der Waals surface area contributed by atoms with E-state index < -0.39 is 9.84 Å². The molecule has 136 valence electrons. The van der Waals surface area contributed by atoms with Gasteiger partial charge in [-0.25, -0.2) is 13.4 Å². The SMILES string of the molecule is Cc1cc(-c2cc(CS(C)(=O)=O)cc3oc(C4CC4)nc23)cn(C)c1=O. The molecule has 2 aromatic heterocycles. The van der Waals surface area contributed by atoms with E-state index in [-0.39, 0.29) is 11.3 Å². The summed E-state index contributed by atoms with van der Waals surface area (Å²) >= 11 is 0. The largest absolute Gasteiger partial charge is 0.440 e. The molecule has 3 aromatic rings. The molecule has 0 atom stereocenters. The highest BCUT2D eigenvalue weighted by atomic mass is 32.2. The van der Waals surface area contributed by atoms with Gasteiger partial charge in [-0.05, 0) is 43.5 Å². The van der Waals surface area contributed by atoms with E-state index in [2.05, 4.69) is 4.98 Å². The Morgan fingerprint density at radius 1 is 1.27 bits per heavy atom. The number of hydrogen-bond acceptors (Lipinski definition) is 5. The molecule has 0 bridgehead atoms. The van der Waals surface area contributed by atoms with Gasteiger partial charge in [0.15, 0.2) is 21.3 Å². The molecule has 1 aromatic carbocycles. The van der Waals surface area contributed by atoms with E-state index in [4.69, 9.17) is 4.42 Å². The molecule has 26 heavy (non-hydrogen) atoms. The van der Waals surface area contributed by atoms with Crippen molar-refractivity contribution < 1.29 is 12.8 Å². The molecule has 2 heterocycles. The van der Waals surface area contributed by atoms with Gasteiger partial charge in [0.25, 0.3) is 5.56 Å². The van der Waals surface area contributed by atoms with Crippen LogP contribution in [0.25, 0.3) is 22.2 Å². The summed E-state index contributed by atoms with van der Waals surface area (Å²) < 4.78 is 31.0. The van der Waals surface area contributed by atoms with Crippen LogP contribution in [-0.2, 0) is 22.6 Å². The molecule has 7 heteroatoms. The van der Waals surface area contributed by atoms with E-state index in [0.29, 0.717) is 34.0 Å². The molecule has 0 saturated heterocycles. The number of pyridine rings is 1. The monoisotopic (exact) mass is 372 g/mol. The van der Waals surface area contributed by atoms with E-state index in [9.17, 15) is 13.2 Å². The van der Waals surface area contributed by atoms with Crippen LogP contribution < -0.4 is 5.56 Å². The fourth-order valence-corrected chi connectivity index (χ4v) is 4.01. The Kier molecular flexibility index (Phi) is 3.80. The number of aryl methyl sites for hydroxylation is 2. The van der Waals surface area contributed by atoms with Crippen molar-refractivity contribution in [1.29, 1.82) is 0 Å². The summed E-state index contributed by atoms with van der Waals surface area (Å²) in [6, 6.07) is 5.40. The molecule has 0 spiro atoms. The molecule has 0 aliphatic heterocycles. The van der Waals surface area contributed by atoms with E-state index in [1.807, 2.05) is 12.1 Å². The standard InChI is InChI=1S/C19H20N2O4S/c1-11-6-14(9-21(2)19(11)22)15-7-12(10-26(3,23)24)8-16-17(15)20-18(25-16)13-4-5-13/h6-9,13H,4-5,10H2,1-3H3. The molecular formula is C19H20N2O4S. The Morgan fingerprint density at radius 3 is 2.62 bits per heavy atom. The maximum absolute atomic E-state index is 12.0. The highest BCUT2D eigenvalue weighted by Crippen LogP contribution is 2.42. The van der Waals surface area contributed by atoms with E-state index >= 15 is 0 Å². The smallest absolute Gasteiger partial charge is 0.253 e. The van der Waals surface area contributed by atoms with Gasteiger partial charge in [-0.3, -0.25) is 4.79 Å². The van der Waals surface area contributed by atoms with Gasteiger partial charge in [-0.15, -0.1) is 0 Å². The number of nitrogens with zero attached hydrogens (tertiary/aromatic N) is 2. The van der Waals surface area contributed by atoms with E-state index in [1.165, 1.54) is 10.8 Å². The first kappa shape index (κ1) is 17.0. The first-order valence-corrected chi connectivity index (χ1v) is 10.6. The first-order valence-electron chi connectivity index (χ1n) is 8.50. The summed E-state index contributed by atoms with van der Waals surface area (Å²) in [6.07, 6.45) is 5.09. The van der Waals surface area contributed by atoms with Crippen molar-refractivity contribution >= 4 is 20.9 Å². The van der Waals surface area contributed by atoms with Crippen molar-refractivity contribution in [2.75, 3.05) is 6.26 Å². The van der Waals surface area contributed by atoms with Crippen LogP contribution in [0.1, 0.15) is 35.8 Å². The van der Waals surface area contributed by atoms with Gasteiger partial charge in [0, 0.05) is 42.1 Å². The lowest BCUT2D eigenvalue weighted by atomic mass is 10.0. The lowest BCUT2D eigenvalue weighted by Crippen LogP contribution is -2.18. The number of rotatable bonds is 4. The van der Waals surface area contributed by atoms with Crippen LogP contribution in [0, 0.1) is 6.92 Å². The van der Waals surface area contributed by atoms with Gasteiger partial charge in [-0.2, -0.15) is 0 Å². The maximum atomic E-state index is 12.0. The summed E-state index contributed by atoms with van der Waals surface area (Å²) in [6.45, 7) is 1.77. The van der Waals surface area contributed by atoms with Crippen LogP contribution in [0.5, 0.6) is 0 Å². The van der Waals surface area contributed by atoms with Gasteiger partial charge in [0.2, 0.25) is 0 Å². The second-order valence-electron chi connectivity index (χ2n) is 7.21. The third-order valence-corrected chi connectivity index (χ3v) is 5.46. The zero-order chi connectivity index (χ0) is 18.6. The second kappa shape index (κ2) is 5.81. The minimum absolute atomic E-state index is 0.0592. The van der Waals surface area contributed by atoms with Crippen molar-refractivity contribution in [3.05, 3.63) is 51.8 Å². The summed E-state index contributed by atoms with van der Waals surface area (Å²) in [5.74, 6) is 0.995. The topological polar surface area (TPSA) is 82.2 Å². The molecule has 6 nitrogen and oxygen atoms in total. The summed E-state index contributed by atoms with van der Waals surface area (Å²) in [5.41, 5.74) is 4.13.